The molecule has 0 bridgehead atoms. The second kappa shape index (κ2) is 6.30. The molecule has 0 fully saturated rings. The van der Waals surface area contributed by atoms with Crippen molar-refractivity contribution >= 4 is 0 Å². The van der Waals surface area contributed by atoms with Gasteiger partial charge in [0.05, 0.1) is 0 Å². The van der Waals surface area contributed by atoms with Gasteiger partial charge in [-0.25, -0.2) is 0 Å². The van der Waals surface area contributed by atoms with E-state index in [1.807, 2.05) is 24.3 Å². The summed E-state index contributed by atoms with van der Waals surface area (Å²) >= 11 is 0. The van der Waals surface area contributed by atoms with Crippen molar-refractivity contribution in [3.63, 3.8) is 0 Å². The third-order valence-corrected chi connectivity index (χ3v) is 2.98. The van der Waals surface area contributed by atoms with Crippen LogP contribution in [0.4, 0.5) is 0 Å². The number of rotatable bonds is 6. The van der Waals surface area contributed by atoms with E-state index in [9.17, 15) is 0 Å². The molecule has 2 heteroatoms. The Labute approximate surface area is 104 Å². The standard InChI is InChI=1S/C15H21NO/c1-4-5-10-15(2,3)11-13-6-8-14(9-7-13)17-12-16/h6-9H,4-5,10-11H2,1-3H3. The predicted molar refractivity (Wildman–Crippen MR) is 69.7 cm³/mol. The van der Waals surface area contributed by atoms with Crippen LogP contribution in [0.15, 0.2) is 24.3 Å². The molecule has 0 N–H and O–H groups in total. The van der Waals surface area contributed by atoms with Gasteiger partial charge in [-0.3, -0.25) is 0 Å². The van der Waals surface area contributed by atoms with E-state index >= 15 is 0 Å². The second-order valence-corrected chi connectivity index (χ2v) is 5.28. The quantitative estimate of drug-likeness (QED) is 0.684. The zero-order chi connectivity index (χ0) is 12.7. The van der Waals surface area contributed by atoms with Gasteiger partial charge in [0.2, 0.25) is 0 Å². The summed E-state index contributed by atoms with van der Waals surface area (Å²) in [4.78, 5) is 0. The van der Waals surface area contributed by atoms with Gasteiger partial charge in [0.15, 0.2) is 0 Å². The first-order valence-corrected chi connectivity index (χ1v) is 6.22. The molecule has 0 spiro atoms. The normalized spacial score (nSPS) is 10.9. The molecule has 1 rings (SSSR count). The molecule has 0 heterocycles. The van der Waals surface area contributed by atoms with Crippen LogP contribution in [0, 0.1) is 16.9 Å². The summed E-state index contributed by atoms with van der Waals surface area (Å²) in [5.74, 6) is 0.614. The van der Waals surface area contributed by atoms with Gasteiger partial charge in [-0.15, -0.1) is 5.26 Å². The van der Waals surface area contributed by atoms with E-state index in [1.165, 1.54) is 24.8 Å². The predicted octanol–water partition coefficient (Wildman–Crippen LogP) is 4.31. The summed E-state index contributed by atoms with van der Waals surface area (Å²) in [6.07, 6.45) is 6.53. The molecule has 0 amide bonds. The van der Waals surface area contributed by atoms with Crippen LogP contribution >= 0.6 is 0 Å². The summed E-state index contributed by atoms with van der Waals surface area (Å²) in [6, 6.07) is 7.80. The molecule has 2 nitrogen and oxygen atoms in total. The van der Waals surface area contributed by atoms with Gasteiger partial charge in [-0.05, 0) is 36.0 Å². The summed E-state index contributed by atoms with van der Waals surface area (Å²) in [5, 5.41) is 8.40. The lowest BCUT2D eigenvalue weighted by Crippen LogP contribution is -2.14. The number of benzene rings is 1. The molecule has 1 aromatic rings. The van der Waals surface area contributed by atoms with E-state index < -0.39 is 0 Å². The third kappa shape index (κ3) is 4.91. The summed E-state index contributed by atoms with van der Waals surface area (Å²) in [6.45, 7) is 6.84. The van der Waals surface area contributed by atoms with Crippen molar-refractivity contribution in [1.82, 2.24) is 0 Å². The van der Waals surface area contributed by atoms with Crippen molar-refractivity contribution < 1.29 is 4.74 Å². The van der Waals surface area contributed by atoms with Crippen molar-refractivity contribution in [2.24, 2.45) is 5.41 Å². The van der Waals surface area contributed by atoms with Gasteiger partial charge in [0, 0.05) is 0 Å². The number of nitriles is 1. The SMILES string of the molecule is CCCCC(C)(C)Cc1ccc(OC#N)cc1. The van der Waals surface area contributed by atoms with Crippen molar-refractivity contribution in [1.29, 1.82) is 5.26 Å². The van der Waals surface area contributed by atoms with Crippen molar-refractivity contribution in [3.05, 3.63) is 29.8 Å². The lowest BCUT2D eigenvalue weighted by atomic mass is 9.81. The Hall–Kier alpha value is -1.49. The van der Waals surface area contributed by atoms with E-state index in [0.29, 0.717) is 11.2 Å². The van der Waals surface area contributed by atoms with Gasteiger partial charge in [0.1, 0.15) is 5.75 Å². The minimum atomic E-state index is 0.341. The average Bonchev–Trinajstić information content (AvgIpc) is 2.29. The molecule has 17 heavy (non-hydrogen) atoms. The summed E-state index contributed by atoms with van der Waals surface area (Å²) in [5.41, 5.74) is 1.64. The van der Waals surface area contributed by atoms with E-state index in [2.05, 4.69) is 20.8 Å². The smallest absolute Gasteiger partial charge is 0.292 e. The van der Waals surface area contributed by atoms with Gasteiger partial charge in [-0.2, -0.15) is 0 Å². The van der Waals surface area contributed by atoms with Crippen molar-refractivity contribution in [2.45, 2.75) is 46.5 Å². The van der Waals surface area contributed by atoms with Crippen LogP contribution in [-0.2, 0) is 6.42 Å². The molecule has 0 saturated heterocycles. The monoisotopic (exact) mass is 231 g/mol. The highest BCUT2D eigenvalue weighted by Gasteiger charge is 2.17. The third-order valence-electron chi connectivity index (χ3n) is 2.98. The van der Waals surface area contributed by atoms with Crippen LogP contribution in [0.5, 0.6) is 5.75 Å². The minimum Gasteiger partial charge on any atom is -0.388 e. The fraction of sp³-hybridized carbons (Fsp3) is 0.533. The maximum absolute atomic E-state index is 8.40. The minimum absolute atomic E-state index is 0.341. The maximum Gasteiger partial charge on any atom is 0.292 e. The molecule has 0 saturated carbocycles. The Balaban J connectivity index is 2.59. The van der Waals surface area contributed by atoms with Gasteiger partial charge in [0.25, 0.3) is 6.26 Å². The van der Waals surface area contributed by atoms with Crippen LogP contribution in [0.1, 0.15) is 45.6 Å². The molecule has 0 radical (unpaired) electrons. The number of nitrogens with zero attached hydrogens (tertiary/aromatic N) is 1. The molecule has 1 aromatic carbocycles. The van der Waals surface area contributed by atoms with Crippen LogP contribution in [0.3, 0.4) is 0 Å². The second-order valence-electron chi connectivity index (χ2n) is 5.28. The van der Waals surface area contributed by atoms with E-state index in [4.69, 9.17) is 10.00 Å². The first-order valence-electron chi connectivity index (χ1n) is 6.22. The fourth-order valence-electron chi connectivity index (χ4n) is 2.02. The average molecular weight is 231 g/mol. The molecule has 0 aromatic heterocycles. The highest BCUT2D eigenvalue weighted by molar-refractivity contribution is 5.28. The van der Waals surface area contributed by atoms with Gasteiger partial charge < -0.3 is 4.74 Å². The van der Waals surface area contributed by atoms with Gasteiger partial charge in [-0.1, -0.05) is 45.7 Å². The lowest BCUT2D eigenvalue weighted by Gasteiger charge is -2.24. The van der Waals surface area contributed by atoms with Gasteiger partial charge >= 0.3 is 0 Å². The molecule has 0 unspecified atom stereocenters. The number of hydrogen-bond acceptors (Lipinski definition) is 2. The largest absolute Gasteiger partial charge is 0.388 e. The highest BCUT2D eigenvalue weighted by atomic mass is 16.5. The Kier molecular flexibility index (Phi) is 5.03. The molecule has 92 valence electrons. The Morgan fingerprint density at radius 1 is 1.24 bits per heavy atom. The number of unbranched alkanes of at least 4 members (excludes halogenated alkanes) is 1. The van der Waals surface area contributed by atoms with Crippen molar-refractivity contribution in [2.75, 3.05) is 0 Å². The Bertz CT molecular complexity index is 373. The topological polar surface area (TPSA) is 33.0 Å². The zero-order valence-electron chi connectivity index (χ0n) is 11.0. The molecule has 0 aliphatic rings. The first kappa shape index (κ1) is 13.6. The molecular weight excluding hydrogens is 210 g/mol. The van der Waals surface area contributed by atoms with E-state index in [-0.39, 0.29) is 0 Å². The fourth-order valence-corrected chi connectivity index (χ4v) is 2.02. The lowest BCUT2D eigenvalue weighted by molar-refractivity contribution is 0.321. The Morgan fingerprint density at radius 3 is 2.41 bits per heavy atom. The van der Waals surface area contributed by atoms with E-state index in [0.717, 1.165) is 6.42 Å². The number of hydrogen-bond donors (Lipinski definition) is 0. The summed E-state index contributed by atoms with van der Waals surface area (Å²) < 4.78 is 4.76. The van der Waals surface area contributed by atoms with Crippen LogP contribution in [0.25, 0.3) is 0 Å². The molecule has 0 atom stereocenters. The van der Waals surface area contributed by atoms with E-state index in [1.54, 1.807) is 6.26 Å². The maximum atomic E-state index is 8.40. The zero-order valence-corrected chi connectivity index (χ0v) is 11.0. The Morgan fingerprint density at radius 2 is 1.88 bits per heavy atom. The molecule has 0 aliphatic carbocycles. The first-order chi connectivity index (χ1) is 8.07. The molecule has 0 aliphatic heterocycles. The molecular formula is C15H21NO. The van der Waals surface area contributed by atoms with Crippen LogP contribution in [0.2, 0.25) is 0 Å². The number of ether oxygens (including phenoxy) is 1. The van der Waals surface area contributed by atoms with Crippen molar-refractivity contribution in [3.8, 4) is 12.0 Å². The van der Waals surface area contributed by atoms with Crippen LogP contribution in [-0.4, -0.2) is 0 Å². The van der Waals surface area contributed by atoms with Crippen LogP contribution < -0.4 is 4.74 Å². The summed E-state index contributed by atoms with van der Waals surface area (Å²) in [7, 11) is 0. The highest BCUT2D eigenvalue weighted by Crippen LogP contribution is 2.28.